The van der Waals surface area contributed by atoms with Gasteiger partial charge in [0.25, 0.3) is 5.56 Å². The summed E-state index contributed by atoms with van der Waals surface area (Å²) in [6, 6.07) is 16.3. The number of alkyl halides is 3. The van der Waals surface area contributed by atoms with Gasteiger partial charge in [0.1, 0.15) is 0 Å². The topological polar surface area (TPSA) is 91.3 Å². The first-order valence-electron chi connectivity index (χ1n) is 12.3. The first kappa shape index (κ1) is 25.4. The van der Waals surface area contributed by atoms with Crippen molar-refractivity contribution in [1.82, 2.24) is 9.13 Å². The van der Waals surface area contributed by atoms with E-state index in [2.05, 4.69) is 14.6 Å². The van der Waals surface area contributed by atoms with Crippen LogP contribution in [0, 0.1) is 6.92 Å². The van der Waals surface area contributed by atoms with E-state index in [0.29, 0.717) is 16.9 Å². The third-order valence-corrected chi connectivity index (χ3v) is 7.03. The quantitative estimate of drug-likeness (QED) is 0.309. The van der Waals surface area contributed by atoms with Crippen LogP contribution >= 0.6 is 0 Å². The minimum absolute atomic E-state index is 0.0898. The van der Waals surface area contributed by atoms with Gasteiger partial charge in [0, 0.05) is 34.4 Å². The van der Waals surface area contributed by atoms with Crippen LogP contribution in [0.4, 0.5) is 29.3 Å². The van der Waals surface area contributed by atoms with Crippen LogP contribution in [-0.2, 0) is 4.74 Å². The molecule has 0 bridgehead atoms. The van der Waals surface area contributed by atoms with Gasteiger partial charge in [-0.2, -0.15) is 13.2 Å². The number of pyridine rings is 1. The Bertz CT molecular complexity index is 1570. The molecule has 0 saturated heterocycles. The van der Waals surface area contributed by atoms with Gasteiger partial charge in [0.05, 0.1) is 22.6 Å². The molecule has 0 radical (unpaired) electrons. The highest BCUT2D eigenvalue weighted by atomic mass is 19.4. The van der Waals surface area contributed by atoms with Crippen LogP contribution in [-0.4, -0.2) is 27.5 Å². The maximum atomic E-state index is 12.7. The third-order valence-electron chi connectivity index (χ3n) is 7.03. The van der Waals surface area contributed by atoms with Gasteiger partial charge in [0.15, 0.2) is 6.10 Å². The number of nitrogens with two attached hydrogens (primary N) is 1. The van der Waals surface area contributed by atoms with E-state index in [1.165, 1.54) is 0 Å². The molecule has 3 N–H and O–H groups in total. The Labute approximate surface area is 216 Å². The molecule has 198 valence electrons. The van der Waals surface area contributed by atoms with E-state index in [0.717, 1.165) is 54.0 Å². The molecule has 1 aliphatic carbocycles. The smallest absolute Gasteiger partial charge is 0.425 e. The monoisotopic (exact) mass is 524 g/mol. The van der Waals surface area contributed by atoms with Crippen molar-refractivity contribution in [2.75, 3.05) is 11.1 Å². The number of aromatic nitrogens is 2. The number of halogens is 3. The van der Waals surface area contributed by atoms with Crippen molar-refractivity contribution in [3.63, 3.8) is 0 Å². The number of carbonyl (C=O) groups excluding carboxylic acids is 1. The molecular formula is C28H27F3N4O3. The van der Waals surface area contributed by atoms with Crippen LogP contribution in [0.5, 0.6) is 0 Å². The van der Waals surface area contributed by atoms with Crippen molar-refractivity contribution < 1.29 is 22.7 Å². The summed E-state index contributed by atoms with van der Waals surface area (Å²) in [5, 5.41) is 3.19. The number of amides is 1. The van der Waals surface area contributed by atoms with E-state index in [9.17, 15) is 22.8 Å². The number of fused-ring (bicyclic) bond motifs is 1. The minimum atomic E-state index is -4.64. The Morgan fingerprint density at radius 3 is 2.47 bits per heavy atom. The van der Waals surface area contributed by atoms with Gasteiger partial charge < -0.3 is 15.0 Å². The molecule has 38 heavy (non-hydrogen) atoms. The molecule has 2 aromatic heterocycles. The second-order valence-corrected chi connectivity index (χ2v) is 9.58. The zero-order valence-electron chi connectivity index (χ0n) is 20.9. The molecule has 1 atom stereocenters. The van der Waals surface area contributed by atoms with Gasteiger partial charge in [-0.1, -0.05) is 18.2 Å². The largest absolute Gasteiger partial charge is 0.437 e. The standard InChI is InChI=1S/C28H27F3N4O3/c1-16-5-4-14-34(26(16)36)21-12-13-22-23(15-21)35(20-6-3-7-20)25(24(22)32)18-8-10-19(11-9-18)33-27(37)38-17(2)28(29,30)31/h4-5,8-15,17,20H,3,6-7,32H2,1-2H3,(H,33,37)/t17-/m1/s1. The molecule has 2 aromatic carbocycles. The summed E-state index contributed by atoms with van der Waals surface area (Å²) < 4.78 is 46.3. The highest BCUT2D eigenvalue weighted by molar-refractivity contribution is 6.02. The zero-order chi connectivity index (χ0) is 27.2. The van der Waals surface area contributed by atoms with E-state index < -0.39 is 18.4 Å². The van der Waals surface area contributed by atoms with E-state index in [4.69, 9.17) is 5.73 Å². The van der Waals surface area contributed by atoms with Crippen LogP contribution in [0.3, 0.4) is 0 Å². The molecule has 0 aliphatic heterocycles. The van der Waals surface area contributed by atoms with Gasteiger partial charge in [-0.25, -0.2) is 4.79 Å². The lowest BCUT2D eigenvalue weighted by Crippen LogP contribution is -2.32. The lowest BCUT2D eigenvalue weighted by molar-refractivity contribution is -0.196. The van der Waals surface area contributed by atoms with Crippen molar-refractivity contribution in [1.29, 1.82) is 0 Å². The molecule has 0 spiro atoms. The number of nitrogen functional groups attached to an aromatic ring is 1. The summed E-state index contributed by atoms with van der Waals surface area (Å²) in [5.74, 6) is 0. The second-order valence-electron chi connectivity index (χ2n) is 9.58. The number of nitrogens with zero attached hydrogens (tertiary/aromatic N) is 2. The van der Waals surface area contributed by atoms with Gasteiger partial charge in [-0.05, 0) is 69.5 Å². The summed E-state index contributed by atoms with van der Waals surface area (Å²) in [7, 11) is 0. The van der Waals surface area contributed by atoms with E-state index in [-0.39, 0.29) is 11.6 Å². The number of hydrogen-bond acceptors (Lipinski definition) is 4. The Morgan fingerprint density at radius 1 is 1.13 bits per heavy atom. The number of anilines is 2. The van der Waals surface area contributed by atoms with Crippen LogP contribution < -0.4 is 16.6 Å². The number of rotatable bonds is 5. The molecule has 10 heteroatoms. The summed E-state index contributed by atoms with van der Waals surface area (Å²) in [5.41, 5.74) is 11.4. The fourth-order valence-electron chi connectivity index (χ4n) is 4.69. The normalized spacial score (nSPS) is 14.8. The number of nitrogens with one attached hydrogen (secondary N) is 1. The molecule has 4 aromatic rings. The SMILES string of the molecule is Cc1cccn(-c2ccc3c(N)c(-c4ccc(NC(=O)O[C@H](C)C(F)(F)F)cc4)n(C4CCC4)c3c2)c1=O. The zero-order valence-corrected chi connectivity index (χ0v) is 20.9. The number of benzene rings is 2. The molecular weight excluding hydrogens is 497 g/mol. The highest BCUT2D eigenvalue weighted by Crippen LogP contribution is 2.44. The third kappa shape index (κ3) is 4.62. The molecule has 1 fully saturated rings. The first-order valence-corrected chi connectivity index (χ1v) is 12.3. The summed E-state index contributed by atoms with van der Waals surface area (Å²) in [6.45, 7) is 2.55. The number of ether oxygens (including phenoxy) is 1. The fraction of sp³-hybridized carbons (Fsp3) is 0.286. The molecule has 1 saturated carbocycles. The van der Waals surface area contributed by atoms with Crippen LogP contribution in [0.2, 0.25) is 0 Å². The molecule has 7 nitrogen and oxygen atoms in total. The Kier molecular flexibility index (Phi) is 6.42. The Morgan fingerprint density at radius 2 is 1.84 bits per heavy atom. The van der Waals surface area contributed by atoms with Crippen LogP contribution in [0.25, 0.3) is 27.8 Å². The lowest BCUT2D eigenvalue weighted by Gasteiger charge is -2.30. The van der Waals surface area contributed by atoms with Crippen molar-refractivity contribution >= 4 is 28.4 Å². The lowest BCUT2D eigenvalue weighted by atomic mass is 9.92. The predicted molar refractivity (Wildman–Crippen MR) is 141 cm³/mol. The van der Waals surface area contributed by atoms with E-state index in [1.54, 1.807) is 48.0 Å². The van der Waals surface area contributed by atoms with E-state index in [1.807, 2.05) is 24.3 Å². The molecule has 2 heterocycles. The molecule has 5 rings (SSSR count). The number of hydrogen-bond donors (Lipinski definition) is 2. The maximum Gasteiger partial charge on any atom is 0.425 e. The van der Waals surface area contributed by atoms with Crippen molar-refractivity contribution in [3.05, 3.63) is 76.7 Å². The predicted octanol–water partition coefficient (Wildman–Crippen LogP) is 6.57. The molecule has 1 amide bonds. The maximum absolute atomic E-state index is 12.7. The Balaban J connectivity index is 1.51. The van der Waals surface area contributed by atoms with Crippen LogP contribution in [0.1, 0.15) is 37.8 Å². The van der Waals surface area contributed by atoms with Gasteiger partial charge in [-0.15, -0.1) is 0 Å². The van der Waals surface area contributed by atoms with Crippen molar-refractivity contribution in [2.45, 2.75) is 51.4 Å². The minimum Gasteiger partial charge on any atom is -0.437 e. The van der Waals surface area contributed by atoms with Gasteiger partial charge >= 0.3 is 12.3 Å². The Hall–Kier alpha value is -4.21. The fourth-order valence-corrected chi connectivity index (χ4v) is 4.69. The van der Waals surface area contributed by atoms with E-state index >= 15 is 0 Å². The molecule has 0 unspecified atom stereocenters. The number of carbonyl (C=O) groups is 1. The average Bonchev–Trinajstić information content (AvgIpc) is 3.11. The highest BCUT2D eigenvalue weighted by Gasteiger charge is 2.39. The summed E-state index contributed by atoms with van der Waals surface area (Å²) >= 11 is 0. The van der Waals surface area contributed by atoms with Gasteiger partial charge in [0.2, 0.25) is 0 Å². The van der Waals surface area contributed by atoms with Crippen LogP contribution in [0.15, 0.2) is 65.6 Å². The average molecular weight is 525 g/mol. The van der Waals surface area contributed by atoms with Crippen molar-refractivity contribution in [2.24, 2.45) is 0 Å². The van der Waals surface area contributed by atoms with Gasteiger partial charge in [-0.3, -0.25) is 14.7 Å². The second kappa shape index (κ2) is 9.59. The number of aryl methyl sites for hydroxylation is 1. The first-order chi connectivity index (χ1) is 18.0. The van der Waals surface area contributed by atoms with Crippen molar-refractivity contribution in [3.8, 4) is 16.9 Å². The summed E-state index contributed by atoms with van der Waals surface area (Å²) in [4.78, 5) is 24.6. The summed E-state index contributed by atoms with van der Waals surface area (Å²) in [6.07, 6.45) is -3.22. The molecule has 1 aliphatic rings.